The van der Waals surface area contributed by atoms with Gasteiger partial charge in [-0.2, -0.15) is 0 Å². The Morgan fingerprint density at radius 3 is 2.71 bits per heavy atom. The van der Waals surface area contributed by atoms with Gasteiger partial charge in [0.2, 0.25) is 10.0 Å². The number of aliphatic hydroxyl groups is 1. The van der Waals surface area contributed by atoms with E-state index in [-0.39, 0.29) is 16.5 Å². The highest BCUT2D eigenvalue weighted by Crippen LogP contribution is 2.28. The van der Waals surface area contributed by atoms with Gasteiger partial charge in [-0.25, -0.2) is 17.5 Å². The third kappa shape index (κ3) is 3.81. The van der Waals surface area contributed by atoms with Crippen molar-refractivity contribution in [2.24, 2.45) is 5.92 Å². The summed E-state index contributed by atoms with van der Waals surface area (Å²) in [4.78, 5) is -0.162. The van der Waals surface area contributed by atoms with Gasteiger partial charge in [0, 0.05) is 6.04 Å². The number of sulfonamides is 1. The zero-order valence-corrected chi connectivity index (χ0v) is 13.0. The molecular formula is C15H22FNO3S. The van der Waals surface area contributed by atoms with Crippen LogP contribution >= 0.6 is 0 Å². The molecule has 1 saturated carbocycles. The number of rotatable bonds is 5. The van der Waals surface area contributed by atoms with Crippen LogP contribution in [0.3, 0.4) is 0 Å². The molecule has 0 radical (unpaired) electrons. The van der Waals surface area contributed by atoms with Gasteiger partial charge in [0.1, 0.15) is 5.82 Å². The van der Waals surface area contributed by atoms with Crippen LogP contribution in [0.25, 0.3) is 0 Å². The number of hydrogen-bond donors (Lipinski definition) is 2. The van der Waals surface area contributed by atoms with E-state index in [0.29, 0.717) is 5.92 Å². The molecule has 4 nitrogen and oxygen atoms in total. The van der Waals surface area contributed by atoms with Gasteiger partial charge in [-0.15, -0.1) is 0 Å². The van der Waals surface area contributed by atoms with Crippen LogP contribution in [0.2, 0.25) is 0 Å². The monoisotopic (exact) mass is 315 g/mol. The first-order valence-electron chi connectivity index (χ1n) is 7.39. The van der Waals surface area contributed by atoms with E-state index in [0.717, 1.165) is 44.2 Å². The average Bonchev–Trinajstić information content (AvgIpc) is 2.47. The fourth-order valence-electron chi connectivity index (χ4n) is 3.02. The zero-order chi connectivity index (χ0) is 15.5. The topological polar surface area (TPSA) is 66.4 Å². The molecule has 0 aromatic heterocycles. The van der Waals surface area contributed by atoms with Crippen LogP contribution in [-0.2, 0) is 16.6 Å². The molecule has 6 heteroatoms. The minimum absolute atomic E-state index is 0.108. The summed E-state index contributed by atoms with van der Waals surface area (Å²) in [6, 6.07) is 3.32. The molecule has 0 heterocycles. The van der Waals surface area contributed by atoms with E-state index in [9.17, 15) is 17.9 Å². The molecule has 2 atom stereocenters. The van der Waals surface area contributed by atoms with Crippen molar-refractivity contribution in [2.45, 2.75) is 56.6 Å². The van der Waals surface area contributed by atoms with Crippen molar-refractivity contribution in [1.82, 2.24) is 4.72 Å². The maximum Gasteiger partial charge on any atom is 0.241 e. The van der Waals surface area contributed by atoms with Gasteiger partial charge < -0.3 is 5.11 Å². The van der Waals surface area contributed by atoms with Crippen LogP contribution in [-0.4, -0.2) is 19.6 Å². The molecule has 0 spiro atoms. The van der Waals surface area contributed by atoms with Crippen molar-refractivity contribution in [3.05, 3.63) is 29.6 Å². The van der Waals surface area contributed by atoms with Crippen molar-refractivity contribution in [2.75, 3.05) is 0 Å². The van der Waals surface area contributed by atoms with Gasteiger partial charge in [0.25, 0.3) is 0 Å². The van der Waals surface area contributed by atoms with Crippen molar-refractivity contribution < 1.29 is 17.9 Å². The molecule has 0 bridgehead atoms. The quantitative estimate of drug-likeness (QED) is 0.877. The predicted octanol–water partition coefficient (Wildman–Crippen LogP) is 2.57. The van der Waals surface area contributed by atoms with E-state index in [4.69, 9.17) is 0 Å². The molecule has 0 saturated heterocycles. The second-order valence-corrected chi connectivity index (χ2v) is 7.27. The van der Waals surface area contributed by atoms with Crippen LogP contribution in [0.4, 0.5) is 4.39 Å². The lowest BCUT2D eigenvalue weighted by Crippen LogP contribution is -2.42. The molecule has 1 fully saturated rings. The Balaban J connectivity index is 2.27. The smallest absolute Gasteiger partial charge is 0.241 e. The fraction of sp³-hybridized carbons (Fsp3) is 0.600. The van der Waals surface area contributed by atoms with E-state index < -0.39 is 22.4 Å². The first kappa shape index (κ1) is 16.4. The normalized spacial score (nSPS) is 23.2. The SMILES string of the molecule is CCC1CCCCC1NS(=O)(=O)c1cc(F)ccc1CO. The molecule has 1 aliphatic rings. The lowest BCUT2D eigenvalue weighted by atomic mass is 9.83. The minimum atomic E-state index is -3.82. The van der Waals surface area contributed by atoms with Crippen molar-refractivity contribution in [3.8, 4) is 0 Å². The van der Waals surface area contributed by atoms with E-state index in [1.165, 1.54) is 6.07 Å². The standard InChI is InChI=1S/C15H22FNO3S/c1-2-11-5-3-4-6-14(11)17-21(19,20)15-9-13(16)8-7-12(15)10-18/h7-9,11,14,17-18H,2-6,10H2,1H3. The lowest BCUT2D eigenvalue weighted by molar-refractivity contribution is 0.276. The summed E-state index contributed by atoms with van der Waals surface area (Å²) in [5.41, 5.74) is 0.216. The molecule has 0 aliphatic heterocycles. The Morgan fingerprint density at radius 1 is 1.33 bits per heavy atom. The van der Waals surface area contributed by atoms with Crippen LogP contribution in [0.5, 0.6) is 0 Å². The van der Waals surface area contributed by atoms with Crippen molar-refractivity contribution in [3.63, 3.8) is 0 Å². The Morgan fingerprint density at radius 2 is 2.05 bits per heavy atom. The van der Waals surface area contributed by atoms with Crippen molar-refractivity contribution >= 4 is 10.0 Å². The summed E-state index contributed by atoms with van der Waals surface area (Å²) >= 11 is 0. The lowest BCUT2D eigenvalue weighted by Gasteiger charge is -2.31. The Kier molecular flexibility index (Phi) is 5.35. The van der Waals surface area contributed by atoms with Crippen LogP contribution < -0.4 is 4.72 Å². The summed E-state index contributed by atoms with van der Waals surface area (Å²) in [6.07, 6.45) is 4.86. The average molecular weight is 315 g/mol. The van der Waals surface area contributed by atoms with Crippen LogP contribution in [0.15, 0.2) is 23.1 Å². The molecule has 1 aromatic rings. The third-order valence-electron chi connectivity index (χ3n) is 4.23. The molecule has 1 aromatic carbocycles. The number of hydrogen-bond acceptors (Lipinski definition) is 3. The second kappa shape index (κ2) is 6.85. The molecule has 2 N–H and O–H groups in total. The maximum absolute atomic E-state index is 13.4. The Hall–Kier alpha value is -0.980. The maximum atomic E-state index is 13.4. The highest BCUT2D eigenvalue weighted by molar-refractivity contribution is 7.89. The van der Waals surface area contributed by atoms with Gasteiger partial charge in [0.15, 0.2) is 0 Å². The van der Waals surface area contributed by atoms with E-state index in [1.807, 2.05) is 0 Å². The number of benzene rings is 1. The predicted molar refractivity (Wildman–Crippen MR) is 78.7 cm³/mol. The summed E-state index contributed by atoms with van der Waals surface area (Å²) in [5, 5.41) is 9.26. The molecule has 2 rings (SSSR count). The van der Waals surface area contributed by atoms with E-state index >= 15 is 0 Å². The van der Waals surface area contributed by atoms with Gasteiger partial charge in [-0.05, 0) is 36.5 Å². The number of nitrogens with one attached hydrogen (secondary N) is 1. The zero-order valence-electron chi connectivity index (χ0n) is 12.2. The largest absolute Gasteiger partial charge is 0.392 e. The number of aliphatic hydroxyl groups excluding tert-OH is 1. The van der Waals surface area contributed by atoms with Crippen molar-refractivity contribution in [1.29, 1.82) is 0 Å². The van der Waals surface area contributed by atoms with Gasteiger partial charge >= 0.3 is 0 Å². The molecule has 118 valence electrons. The second-order valence-electron chi connectivity index (χ2n) is 5.59. The molecule has 0 amide bonds. The first-order valence-corrected chi connectivity index (χ1v) is 8.88. The summed E-state index contributed by atoms with van der Waals surface area (Å²) in [6.45, 7) is 1.62. The highest BCUT2D eigenvalue weighted by atomic mass is 32.2. The Bertz CT molecular complexity index is 589. The van der Waals surface area contributed by atoms with Gasteiger partial charge in [-0.1, -0.05) is 32.3 Å². The third-order valence-corrected chi connectivity index (χ3v) is 5.80. The fourth-order valence-corrected chi connectivity index (χ4v) is 4.60. The van der Waals surface area contributed by atoms with E-state index in [2.05, 4.69) is 11.6 Å². The summed E-state index contributed by atoms with van der Waals surface area (Å²) in [5.74, 6) is -0.303. The molecule has 21 heavy (non-hydrogen) atoms. The van der Waals surface area contributed by atoms with Crippen LogP contribution in [0.1, 0.15) is 44.6 Å². The summed E-state index contributed by atoms with van der Waals surface area (Å²) in [7, 11) is -3.82. The van der Waals surface area contributed by atoms with Crippen LogP contribution in [0, 0.1) is 11.7 Å². The van der Waals surface area contributed by atoms with E-state index in [1.54, 1.807) is 0 Å². The highest BCUT2D eigenvalue weighted by Gasteiger charge is 2.29. The minimum Gasteiger partial charge on any atom is -0.392 e. The Labute approximate surface area is 125 Å². The van der Waals surface area contributed by atoms with Gasteiger partial charge in [-0.3, -0.25) is 0 Å². The first-order chi connectivity index (χ1) is 9.97. The molecule has 1 aliphatic carbocycles. The number of halogens is 1. The molecule has 2 unspecified atom stereocenters. The van der Waals surface area contributed by atoms with Gasteiger partial charge in [0.05, 0.1) is 11.5 Å². The molecular weight excluding hydrogens is 293 g/mol. The summed E-state index contributed by atoms with van der Waals surface area (Å²) < 4.78 is 41.1.